The highest BCUT2D eigenvalue weighted by Crippen LogP contribution is 2.21. The number of likely N-dealkylation sites (N-methyl/N-ethyl adjacent to an activating group) is 1. The molecule has 0 bridgehead atoms. The average Bonchev–Trinajstić information content (AvgIpc) is 2.48. The third kappa shape index (κ3) is 3.95. The fourth-order valence-corrected chi connectivity index (χ4v) is 1.90. The van der Waals surface area contributed by atoms with Gasteiger partial charge in [0.1, 0.15) is 11.6 Å². The van der Waals surface area contributed by atoms with E-state index in [0.29, 0.717) is 21.6 Å². The Morgan fingerprint density at radius 1 is 1.29 bits per heavy atom. The minimum Gasteiger partial charge on any atom is -0.484 e. The Labute approximate surface area is 130 Å². The summed E-state index contributed by atoms with van der Waals surface area (Å²) in [6.07, 6.45) is 0. The Balaban J connectivity index is 1.97. The Bertz CT molecular complexity index is 647. The van der Waals surface area contributed by atoms with E-state index in [1.165, 1.54) is 17.0 Å². The standard InChI is InChI=1S/C15H14BrFN2O2/c1-19(11-4-2-10(18)3-5-11)15(20)9-21-12-6-7-13(16)14(17)8-12/h2-8H,9,18H2,1H3. The highest BCUT2D eigenvalue weighted by atomic mass is 79.9. The topological polar surface area (TPSA) is 55.6 Å². The van der Waals surface area contributed by atoms with E-state index in [0.717, 1.165) is 0 Å². The number of nitrogen functional groups attached to an aromatic ring is 1. The van der Waals surface area contributed by atoms with Gasteiger partial charge in [0, 0.05) is 24.5 Å². The molecule has 0 aromatic heterocycles. The second-order valence-electron chi connectivity index (χ2n) is 4.41. The van der Waals surface area contributed by atoms with Crippen molar-refractivity contribution in [3.63, 3.8) is 0 Å². The SMILES string of the molecule is CN(C(=O)COc1ccc(Br)c(F)c1)c1ccc(N)cc1. The number of anilines is 2. The van der Waals surface area contributed by atoms with Crippen molar-refractivity contribution >= 4 is 33.2 Å². The van der Waals surface area contributed by atoms with Crippen LogP contribution in [0.5, 0.6) is 5.75 Å². The second-order valence-corrected chi connectivity index (χ2v) is 5.26. The summed E-state index contributed by atoms with van der Waals surface area (Å²) in [6, 6.07) is 11.2. The minimum absolute atomic E-state index is 0.179. The first kappa shape index (κ1) is 15.3. The number of carbonyl (C=O) groups excluding carboxylic acids is 1. The number of carbonyl (C=O) groups is 1. The molecule has 0 heterocycles. The van der Waals surface area contributed by atoms with Gasteiger partial charge in [-0.1, -0.05) is 0 Å². The maximum Gasteiger partial charge on any atom is 0.264 e. The number of benzene rings is 2. The number of nitrogens with zero attached hydrogens (tertiary/aromatic N) is 1. The highest BCUT2D eigenvalue weighted by Gasteiger charge is 2.12. The lowest BCUT2D eigenvalue weighted by Crippen LogP contribution is -2.31. The molecule has 0 spiro atoms. The fourth-order valence-electron chi connectivity index (χ4n) is 1.65. The largest absolute Gasteiger partial charge is 0.484 e. The molecule has 0 fully saturated rings. The van der Waals surface area contributed by atoms with E-state index in [9.17, 15) is 9.18 Å². The summed E-state index contributed by atoms with van der Waals surface area (Å²) >= 11 is 3.05. The van der Waals surface area contributed by atoms with E-state index in [2.05, 4.69) is 15.9 Å². The highest BCUT2D eigenvalue weighted by molar-refractivity contribution is 9.10. The van der Waals surface area contributed by atoms with Gasteiger partial charge in [0.25, 0.3) is 5.91 Å². The first-order valence-corrected chi connectivity index (χ1v) is 6.96. The Hall–Kier alpha value is -2.08. The van der Waals surface area contributed by atoms with Crippen molar-refractivity contribution in [3.8, 4) is 5.75 Å². The third-order valence-corrected chi connectivity index (χ3v) is 3.55. The zero-order chi connectivity index (χ0) is 15.4. The molecule has 0 saturated carbocycles. The van der Waals surface area contributed by atoms with Crippen molar-refractivity contribution in [2.45, 2.75) is 0 Å². The van der Waals surface area contributed by atoms with Crippen molar-refractivity contribution in [2.75, 3.05) is 24.3 Å². The van der Waals surface area contributed by atoms with Crippen molar-refractivity contribution in [1.82, 2.24) is 0 Å². The maximum absolute atomic E-state index is 13.3. The summed E-state index contributed by atoms with van der Waals surface area (Å²) in [5.74, 6) is -0.385. The van der Waals surface area contributed by atoms with Crippen LogP contribution in [-0.4, -0.2) is 19.6 Å². The molecule has 0 saturated heterocycles. The predicted molar refractivity (Wildman–Crippen MR) is 83.9 cm³/mol. The molecule has 0 aliphatic rings. The quantitative estimate of drug-likeness (QED) is 0.859. The van der Waals surface area contributed by atoms with E-state index in [1.807, 2.05) is 0 Å². The molecule has 21 heavy (non-hydrogen) atoms. The second kappa shape index (κ2) is 6.58. The van der Waals surface area contributed by atoms with E-state index in [4.69, 9.17) is 10.5 Å². The van der Waals surface area contributed by atoms with Crippen molar-refractivity contribution in [3.05, 3.63) is 52.8 Å². The van der Waals surface area contributed by atoms with Crippen molar-refractivity contribution in [2.24, 2.45) is 0 Å². The predicted octanol–water partition coefficient (Wildman–Crippen LogP) is 3.21. The number of hydrogen-bond donors (Lipinski definition) is 1. The summed E-state index contributed by atoms with van der Waals surface area (Å²) in [4.78, 5) is 13.5. The van der Waals surface area contributed by atoms with Gasteiger partial charge in [0.15, 0.2) is 6.61 Å². The molecule has 0 aliphatic carbocycles. The minimum atomic E-state index is -0.438. The molecule has 0 atom stereocenters. The normalized spacial score (nSPS) is 10.2. The lowest BCUT2D eigenvalue weighted by Gasteiger charge is -2.17. The van der Waals surface area contributed by atoms with Crippen molar-refractivity contribution < 1.29 is 13.9 Å². The van der Waals surface area contributed by atoms with Gasteiger partial charge in [-0.05, 0) is 52.3 Å². The van der Waals surface area contributed by atoms with Gasteiger partial charge in [-0.3, -0.25) is 4.79 Å². The number of rotatable bonds is 4. The van der Waals surface area contributed by atoms with E-state index in [1.54, 1.807) is 37.4 Å². The Kier molecular flexibility index (Phi) is 4.80. The zero-order valence-corrected chi connectivity index (χ0v) is 12.9. The molecule has 110 valence electrons. The fraction of sp³-hybridized carbons (Fsp3) is 0.133. The van der Waals surface area contributed by atoms with Gasteiger partial charge < -0.3 is 15.4 Å². The zero-order valence-electron chi connectivity index (χ0n) is 11.3. The summed E-state index contributed by atoms with van der Waals surface area (Å²) in [5, 5.41) is 0. The number of nitrogens with two attached hydrogens (primary N) is 1. The summed E-state index contributed by atoms with van der Waals surface area (Å²) in [7, 11) is 1.64. The smallest absolute Gasteiger partial charge is 0.264 e. The summed E-state index contributed by atoms with van der Waals surface area (Å²) < 4.78 is 19.0. The van der Waals surface area contributed by atoms with Crippen LogP contribution in [0.15, 0.2) is 46.9 Å². The van der Waals surface area contributed by atoms with Gasteiger partial charge >= 0.3 is 0 Å². The first-order valence-electron chi connectivity index (χ1n) is 6.17. The van der Waals surface area contributed by atoms with Gasteiger partial charge in [0.05, 0.1) is 4.47 Å². The molecular formula is C15H14BrFN2O2. The van der Waals surface area contributed by atoms with E-state index >= 15 is 0 Å². The van der Waals surface area contributed by atoms with E-state index < -0.39 is 5.82 Å². The maximum atomic E-state index is 13.3. The first-order chi connectivity index (χ1) is 9.97. The van der Waals surface area contributed by atoms with Crippen LogP contribution >= 0.6 is 15.9 Å². The molecule has 2 rings (SSSR count). The van der Waals surface area contributed by atoms with Crippen molar-refractivity contribution in [1.29, 1.82) is 0 Å². The van der Waals surface area contributed by atoms with Crippen LogP contribution in [0, 0.1) is 5.82 Å². The number of ether oxygens (including phenoxy) is 1. The molecule has 4 nitrogen and oxygen atoms in total. The molecule has 2 aromatic rings. The van der Waals surface area contributed by atoms with Crippen LogP contribution < -0.4 is 15.4 Å². The molecular weight excluding hydrogens is 339 g/mol. The van der Waals surface area contributed by atoms with Gasteiger partial charge in [-0.2, -0.15) is 0 Å². The molecule has 2 N–H and O–H groups in total. The molecule has 6 heteroatoms. The molecule has 0 unspecified atom stereocenters. The summed E-state index contributed by atoms with van der Waals surface area (Å²) in [5.41, 5.74) is 6.93. The number of amides is 1. The van der Waals surface area contributed by atoms with Crippen LogP contribution in [0.3, 0.4) is 0 Å². The van der Waals surface area contributed by atoms with Gasteiger partial charge in [0.2, 0.25) is 0 Å². The molecule has 1 amide bonds. The van der Waals surface area contributed by atoms with Gasteiger partial charge in [-0.15, -0.1) is 0 Å². The number of halogens is 2. The van der Waals surface area contributed by atoms with Crippen LogP contribution in [0.25, 0.3) is 0 Å². The molecule has 2 aromatic carbocycles. The third-order valence-electron chi connectivity index (χ3n) is 2.91. The van der Waals surface area contributed by atoms with Gasteiger partial charge in [-0.25, -0.2) is 4.39 Å². The van der Waals surface area contributed by atoms with Crippen LogP contribution in [-0.2, 0) is 4.79 Å². The lowest BCUT2D eigenvalue weighted by atomic mass is 10.2. The molecule has 0 aliphatic heterocycles. The lowest BCUT2D eigenvalue weighted by molar-refractivity contribution is -0.120. The van der Waals surface area contributed by atoms with Crippen LogP contribution in [0.2, 0.25) is 0 Å². The van der Waals surface area contributed by atoms with E-state index in [-0.39, 0.29) is 12.5 Å². The summed E-state index contributed by atoms with van der Waals surface area (Å²) in [6.45, 7) is -0.179. The Morgan fingerprint density at radius 2 is 1.95 bits per heavy atom. The van der Waals surface area contributed by atoms with Crippen LogP contribution in [0.1, 0.15) is 0 Å². The number of hydrogen-bond acceptors (Lipinski definition) is 3. The van der Waals surface area contributed by atoms with Crippen LogP contribution in [0.4, 0.5) is 15.8 Å². The Morgan fingerprint density at radius 3 is 2.57 bits per heavy atom. The average molecular weight is 353 g/mol. The monoisotopic (exact) mass is 352 g/mol. The molecule has 0 radical (unpaired) electrons.